The van der Waals surface area contributed by atoms with E-state index < -0.39 is 11.4 Å². The van der Waals surface area contributed by atoms with Gasteiger partial charge in [0.2, 0.25) is 5.91 Å². The first-order chi connectivity index (χ1) is 11.4. The number of hydrogen-bond acceptors (Lipinski definition) is 4. The summed E-state index contributed by atoms with van der Waals surface area (Å²) in [5.74, 6) is -0.599. The van der Waals surface area contributed by atoms with Crippen LogP contribution in [0, 0.1) is 0 Å². The molecule has 4 amide bonds. The quantitative estimate of drug-likeness (QED) is 0.782. The topological polar surface area (TPSA) is 95.7 Å². The Labute approximate surface area is 144 Å². The van der Waals surface area contributed by atoms with Crippen LogP contribution < -0.4 is 11.1 Å². The molecule has 0 atom stereocenters. The molecule has 8 heteroatoms. The molecule has 128 valence electrons. The molecule has 2 aliphatic heterocycles. The van der Waals surface area contributed by atoms with Gasteiger partial charge in [0.1, 0.15) is 5.54 Å². The van der Waals surface area contributed by atoms with Gasteiger partial charge >= 0.3 is 6.03 Å². The fraction of sp³-hybridized carbons (Fsp3) is 0.438. The minimum absolute atomic E-state index is 0.173. The molecule has 0 saturated carbocycles. The summed E-state index contributed by atoms with van der Waals surface area (Å²) in [7, 11) is 0. The number of imide groups is 1. The molecule has 2 aliphatic rings. The predicted molar refractivity (Wildman–Crippen MR) is 88.1 cm³/mol. The van der Waals surface area contributed by atoms with Gasteiger partial charge in [0.05, 0.1) is 13.1 Å². The van der Waals surface area contributed by atoms with E-state index in [1.807, 2.05) is 4.90 Å². The second-order valence-electron chi connectivity index (χ2n) is 6.27. The number of nitrogens with one attached hydrogen (secondary N) is 1. The normalized spacial score (nSPS) is 20.5. The highest BCUT2D eigenvalue weighted by Crippen LogP contribution is 2.30. The molecule has 3 rings (SSSR count). The van der Waals surface area contributed by atoms with Crippen LogP contribution in [0.15, 0.2) is 24.3 Å². The van der Waals surface area contributed by atoms with Crippen LogP contribution in [-0.2, 0) is 16.1 Å². The molecule has 0 aliphatic carbocycles. The lowest BCUT2D eigenvalue weighted by atomic mass is 9.87. The van der Waals surface area contributed by atoms with E-state index in [0.717, 1.165) is 5.56 Å². The van der Waals surface area contributed by atoms with Crippen molar-refractivity contribution in [3.05, 3.63) is 34.9 Å². The molecule has 0 aromatic heterocycles. The predicted octanol–water partition coefficient (Wildman–Crippen LogP) is 0.712. The van der Waals surface area contributed by atoms with Gasteiger partial charge in [-0.2, -0.15) is 0 Å². The smallest absolute Gasteiger partial charge is 0.325 e. The van der Waals surface area contributed by atoms with Crippen molar-refractivity contribution in [2.24, 2.45) is 5.73 Å². The van der Waals surface area contributed by atoms with Gasteiger partial charge in [-0.1, -0.05) is 23.7 Å². The molecule has 0 bridgehead atoms. The molecular weight excluding hydrogens is 332 g/mol. The number of amides is 4. The maximum absolute atomic E-state index is 12.8. The first-order valence-electron chi connectivity index (χ1n) is 7.79. The Morgan fingerprint density at radius 3 is 2.42 bits per heavy atom. The van der Waals surface area contributed by atoms with Crippen LogP contribution in [0.5, 0.6) is 0 Å². The largest absolute Gasteiger partial charge is 0.369 e. The zero-order valence-corrected chi connectivity index (χ0v) is 13.9. The third-order valence-electron chi connectivity index (χ3n) is 4.59. The van der Waals surface area contributed by atoms with Gasteiger partial charge in [0.15, 0.2) is 0 Å². The summed E-state index contributed by atoms with van der Waals surface area (Å²) in [6, 6.07) is 6.67. The van der Waals surface area contributed by atoms with Gasteiger partial charge in [0.25, 0.3) is 5.91 Å². The fourth-order valence-electron chi connectivity index (χ4n) is 3.24. The summed E-state index contributed by atoms with van der Waals surface area (Å²) in [6.45, 7) is 1.48. The van der Waals surface area contributed by atoms with Crippen molar-refractivity contribution < 1.29 is 14.4 Å². The summed E-state index contributed by atoms with van der Waals surface area (Å²) in [4.78, 5) is 39.2. The lowest BCUT2D eigenvalue weighted by Crippen LogP contribution is -2.55. The second kappa shape index (κ2) is 6.41. The van der Waals surface area contributed by atoms with E-state index in [9.17, 15) is 14.4 Å². The van der Waals surface area contributed by atoms with Gasteiger partial charge in [-0.3, -0.25) is 19.4 Å². The number of nitrogens with two attached hydrogens (primary N) is 1. The number of urea groups is 1. The van der Waals surface area contributed by atoms with Crippen LogP contribution >= 0.6 is 11.6 Å². The number of likely N-dealkylation sites (tertiary alicyclic amines) is 1. The van der Waals surface area contributed by atoms with Crippen molar-refractivity contribution in [3.63, 3.8) is 0 Å². The summed E-state index contributed by atoms with van der Waals surface area (Å²) >= 11 is 5.85. The monoisotopic (exact) mass is 350 g/mol. The van der Waals surface area contributed by atoms with Gasteiger partial charge in [-0.05, 0) is 30.5 Å². The molecule has 7 nitrogen and oxygen atoms in total. The van der Waals surface area contributed by atoms with Gasteiger partial charge < -0.3 is 11.1 Å². The van der Waals surface area contributed by atoms with E-state index in [4.69, 9.17) is 17.3 Å². The lowest BCUT2D eigenvalue weighted by molar-refractivity contribution is -0.133. The third kappa shape index (κ3) is 3.22. The van der Waals surface area contributed by atoms with Gasteiger partial charge in [-0.25, -0.2) is 4.79 Å². The number of rotatable bonds is 4. The summed E-state index contributed by atoms with van der Waals surface area (Å²) < 4.78 is 0. The summed E-state index contributed by atoms with van der Waals surface area (Å²) in [5, 5.41) is 3.45. The van der Waals surface area contributed by atoms with Crippen molar-refractivity contribution in [1.82, 2.24) is 15.1 Å². The zero-order chi connectivity index (χ0) is 17.3. The van der Waals surface area contributed by atoms with Crippen molar-refractivity contribution in [1.29, 1.82) is 0 Å². The maximum Gasteiger partial charge on any atom is 0.325 e. The summed E-state index contributed by atoms with van der Waals surface area (Å²) in [6.07, 6.45) is 0.948. The van der Waals surface area contributed by atoms with Crippen molar-refractivity contribution in [2.75, 3.05) is 19.6 Å². The highest BCUT2D eigenvalue weighted by atomic mass is 35.5. The van der Waals surface area contributed by atoms with Crippen LogP contribution in [0.25, 0.3) is 0 Å². The molecule has 0 unspecified atom stereocenters. The lowest BCUT2D eigenvalue weighted by Gasteiger charge is -2.36. The number of halogens is 1. The van der Waals surface area contributed by atoms with Crippen LogP contribution in [-0.4, -0.2) is 52.8 Å². The Morgan fingerprint density at radius 2 is 1.83 bits per heavy atom. The van der Waals surface area contributed by atoms with E-state index in [2.05, 4.69) is 5.32 Å². The maximum atomic E-state index is 12.8. The molecule has 2 heterocycles. The van der Waals surface area contributed by atoms with Crippen molar-refractivity contribution in [2.45, 2.75) is 24.9 Å². The first-order valence-corrected chi connectivity index (χ1v) is 8.17. The highest BCUT2D eigenvalue weighted by Gasteiger charge is 2.52. The van der Waals surface area contributed by atoms with E-state index in [0.29, 0.717) is 31.0 Å². The number of hydrogen-bond donors (Lipinski definition) is 2. The van der Waals surface area contributed by atoms with E-state index in [-0.39, 0.29) is 25.0 Å². The minimum atomic E-state index is -0.863. The Morgan fingerprint density at radius 1 is 1.21 bits per heavy atom. The standard InChI is InChI=1S/C16H19ClN4O3/c17-12-3-1-11(2-4-12)9-21-14(23)16(19-15(21)24)5-7-20(8-6-16)10-13(18)22/h1-4H,5-10H2,(H2,18,22)(H,19,24). The number of primary amides is 1. The highest BCUT2D eigenvalue weighted by molar-refractivity contribution is 6.30. The van der Waals surface area contributed by atoms with Crippen LogP contribution in [0.1, 0.15) is 18.4 Å². The molecule has 2 fully saturated rings. The number of benzene rings is 1. The Balaban J connectivity index is 1.68. The molecule has 1 aromatic rings. The molecule has 1 aromatic carbocycles. The average molecular weight is 351 g/mol. The van der Waals surface area contributed by atoms with E-state index >= 15 is 0 Å². The zero-order valence-electron chi connectivity index (χ0n) is 13.1. The molecule has 3 N–H and O–H groups in total. The van der Waals surface area contributed by atoms with Crippen molar-refractivity contribution >= 4 is 29.4 Å². The molecule has 0 radical (unpaired) electrons. The van der Waals surface area contributed by atoms with Gasteiger partial charge in [-0.15, -0.1) is 0 Å². The second-order valence-corrected chi connectivity index (χ2v) is 6.71. The van der Waals surface area contributed by atoms with Gasteiger partial charge in [0, 0.05) is 18.1 Å². The fourth-order valence-corrected chi connectivity index (χ4v) is 3.37. The van der Waals surface area contributed by atoms with Crippen LogP contribution in [0.2, 0.25) is 5.02 Å². The minimum Gasteiger partial charge on any atom is -0.369 e. The first kappa shape index (κ1) is 16.7. The molecule has 2 saturated heterocycles. The average Bonchev–Trinajstić information content (AvgIpc) is 2.76. The number of nitrogens with zero attached hydrogens (tertiary/aromatic N) is 2. The van der Waals surface area contributed by atoms with Crippen LogP contribution in [0.3, 0.4) is 0 Å². The third-order valence-corrected chi connectivity index (χ3v) is 4.84. The SMILES string of the molecule is NC(=O)CN1CCC2(CC1)NC(=O)N(Cc1ccc(Cl)cc1)C2=O. The number of carbonyl (C=O) groups excluding carboxylic acids is 3. The van der Waals surface area contributed by atoms with Crippen molar-refractivity contribution in [3.8, 4) is 0 Å². The summed E-state index contributed by atoms with van der Waals surface area (Å²) in [5.41, 5.74) is 5.18. The van der Waals surface area contributed by atoms with Crippen LogP contribution in [0.4, 0.5) is 4.79 Å². The number of carbonyl (C=O) groups is 3. The Bertz CT molecular complexity index is 668. The Hall–Kier alpha value is -2.12. The number of piperidine rings is 1. The molecule has 24 heavy (non-hydrogen) atoms. The Kier molecular flexibility index (Phi) is 4.47. The van der Waals surface area contributed by atoms with E-state index in [1.54, 1.807) is 24.3 Å². The molecule has 1 spiro atoms. The molecular formula is C16H19ClN4O3. The van der Waals surface area contributed by atoms with E-state index in [1.165, 1.54) is 4.90 Å².